The first kappa shape index (κ1) is 14.6. The minimum atomic E-state index is -4.38. The number of halogens is 3. The number of phenols is 1. The Hall–Kier alpha value is -2.37. The summed E-state index contributed by atoms with van der Waals surface area (Å²) >= 11 is 0. The van der Waals surface area contributed by atoms with E-state index < -0.39 is 17.8 Å². The predicted molar refractivity (Wildman–Crippen MR) is 76.2 cm³/mol. The summed E-state index contributed by atoms with van der Waals surface area (Å²) in [4.78, 5) is 0. The normalized spacial score (nSPS) is 17.3. The number of nitrogens with one attached hydrogen (secondary N) is 1. The number of hydrogen-bond acceptors (Lipinski definition) is 3. The molecule has 1 atom stereocenters. The maximum atomic E-state index is 13.0. The lowest BCUT2D eigenvalue weighted by atomic mass is 10.0. The number of hydrogen-bond donors (Lipinski definition) is 2. The molecular weight excluding hydrogens is 295 g/mol. The van der Waals surface area contributed by atoms with Crippen LogP contribution in [0.15, 0.2) is 42.5 Å². The second-order valence-corrected chi connectivity index (χ2v) is 5.16. The van der Waals surface area contributed by atoms with E-state index >= 15 is 0 Å². The van der Waals surface area contributed by atoms with Gasteiger partial charge in [-0.2, -0.15) is 13.2 Å². The van der Waals surface area contributed by atoms with Crippen molar-refractivity contribution in [3.05, 3.63) is 53.6 Å². The summed E-state index contributed by atoms with van der Waals surface area (Å²) < 4.78 is 44.7. The number of fused-ring (bicyclic) bond motifs is 1. The lowest BCUT2D eigenvalue weighted by Crippen LogP contribution is -2.33. The maximum absolute atomic E-state index is 13.0. The van der Waals surface area contributed by atoms with Crippen molar-refractivity contribution >= 4 is 5.69 Å². The molecule has 3 rings (SSSR count). The molecule has 1 heterocycles. The Bertz CT molecular complexity index is 685. The Kier molecular flexibility index (Phi) is 3.60. The van der Waals surface area contributed by atoms with Gasteiger partial charge in [0.15, 0.2) is 0 Å². The number of rotatable bonds is 2. The minimum Gasteiger partial charge on any atom is -0.508 e. The van der Waals surface area contributed by atoms with Crippen LogP contribution in [0.2, 0.25) is 0 Å². The molecule has 2 N–H and O–H groups in total. The summed E-state index contributed by atoms with van der Waals surface area (Å²) in [6.45, 7) is 0.407. The molecule has 0 aromatic heterocycles. The first-order chi connectivity index (χ1) is 10.4. The molecule has 0 spiro atoms. The fourth-order valence-electron chi connectivity index (χ4n) is 2.53. The highest BCUT2D eigenvalue weighted by Gasteiger charge is 2.34. The second-order valence-electron chi connectivity index (χ2n) is 5.16. The quantitative estimate of drug-likeness (QED) is 0.829. The minimum absolute atomic E-state index is 0.0527. The van der Waals surface area contributed by atoms with Gasteiger partial charge in [-0.1, -0.05) is 18.2 Å². The van der Waals surface area contributed by atoms with Gasteiger partial charge in [0, 0.05) is 12.5 Å². The lowest BCUT2D eigenvalue weighted by molar-refractivity contribution is -0.138. The number of alkyl halides is 3. The van der Waals surface area contributed by atoms with Gasteiger partial charge in [0.2, 0.25) is 0 Å². The SMILES string of the molecule is Oc1ccc2c(c1)OC(Cc1ccccc1C(F)(F)F)CN2. The number of phenolic OH excluding ortho intramolecular Hbond substituents is 1. The van der Waals surface area contributed by atoms with Crippen molar-refractivity contribution in [3.8, 4) is 11.5 Å². The van der Waals surface area contributed by atoms with Crippen molar-refractivity contribution in [1.29, 1.82) is 0 Å². The van der Waals surface area contributed by atoms with E-state index in [1.165, 1.54) is 24.3 Å². The average Bonchev–Trinajstić information content (AvgIpc) is 2.46. The highest BCUT2D eigenvalue weighted by atomic mass is 19.4. The van der Waals surface area contributed by atoms with Gasteiger partial charge in [0.05, 0.1) is 17.8 Å². The van der Waals surface area contributed by atoms with Crippen LogP contribution < -0.4 is 10.1 Å². The molecule has 0 amide bonds. The van der Waals surface area contributed by atoms with Crippen molar-refractivity contribution in [2.75, 3.05) is 11.9 Å². The molecule has 116 valence electrons. The Morgan fingerprint density at radius 3 is 2.73 bits per heavy atom. The van der Waals surface area contributed by atoms with E-state index in [0.717, 1.165) is 11.8 Å². The van der Waals surface area contributed by atoms with Crippen LogP contribution in [0.3, 0.4) is 0 Å². The first-order valence-electron chi connectivity index (χ1n) is 6.82. The van der Waals surface area contributed by atoms with Crippen molar-refractivity contribution in [2.45, 2.75) is 18.7 Å². The third-order valence-electron chi connectivity index (χ3n) is 3.55. The second kappa shape index (κ2) is 5.44. The zero-order valence-corrected chi connectivity index (χ0v) is 11.5. The standard InChI is InChI=1S/C16H14F3NO2/c17-16(18,19)13-4-2-1-3-10(13)7-12-9-20-14-6-5-11(21)8-15(14)22-12/h1-6,8,12,20-21H,7,9H2. The van der Waals surface area contributed by atoms with Crippen LogP contribution in [0.4, 0.5) is 18.9 Å². The Morgan fingerprint density at radius 1 is 1.18 bits per heavy atom. The number of aromatic hydroxyl groups is 1. The van der Waals surface area contributed by atoms with Crippen LogP contribution in [0.1, 0.15) is 11.1 Å². The van der Waals surface area contributed by atoms with Crippen LogP contribution in [0, 0.1) is 0 Å². The van der Waals surface area contributed by atoms with E-state index in [1.54, 1.807) is 12.1 Å². The van der Waals surface area contributed by atoms with E-state index in [1.807, 2.05) is 0 Å². The van der Waals surface area contributed by atoms with Gasteiger partial charge in [0.25, 0.3) is 0 Å². The largest absolute Gasteiger partial charge is 0.508 e. The third-order valence-corrected chi connectivity index (χ3v) is 3.55. The Balaban J connectivity index is 1.81. The summed E-state index contributed by atoms with van der Waals surface area (Å²) in [5.41, 5.74) is 0.281. The molecule has 0 saturated carbocycles. The van der Waals surface area contributed by atoms with Crippen LogP contribution in [0.5, 0.6) is 11.5 Å². The smallest absolute Gasteiger partial charge is 0.416 e. The fourth-order valence-corrected chi connectivity index (χ4v) is 2.53. The summed E-state index contributed by atoms with van der Waals surface area (Å²) in [6, 6.07) is 10.1. The molecule has 2 aromatic rings. The van der Waals surface area contributed by atoms with Crippen molar-refractivity contribution < 1.29 is 23.0 Å². The zero-order chi connectivity index (χ0) is 15.7. The van der Waals surface area contributed by atoms with Crippen molar-refractivity contribution in [3.63, 3.8) is 0 Å². The fraction of sp³-hybridized carbons (Fsp3) is 0.250. The van der Waals surface area contributed by atoms with Crippen LogP contribution in [-0.4, -0.2) is 17.8 Å². The molecular formula is C16H14F3NO2. The number of anilines is 1. The van der Waals surface area contributed by atoms with Gasteiger partial charge >= 0.3 is 6.18 Å². The zero-order valence-electron chi connectivity index (χ0n) is 11.5. The summed E-state index contributed by atoms with van der Waals surface area (Å²) in [5.74, 6) is 0.498. The van der Waals surface area contributed by atoms with Crippen LogP contribution in [0.25, 0.3) is 0 Å². The maximum Gasteiger partial charge on any atom is 0.416 e. The molecule has 0 fully saturated rings. The molecule has 1 aliphatic heterocycles. The van der Waals surface area contributed by atoms with Gasteiger partial charge < -0.3 is 15.2 Å². The predicted octanol–water partition coefficient (Wildman–Crippen LogP) is 3.83. The molecule has 6 heteroatoms. The highest BCUT2D eigenvalue weighted by molar-refractivity contribution is 5.60. The van der Waals surface area contributed by atoms with E-state index in [4.69, 9.17) is 4.74 Å². The first-order valence-corrected chi connectivity index (χ1v) is 6.82. The lowest BCUT2D eigenvalue weighted by Gasteiger charge is -2.28. The van der Waals surface area contributed by atoms with E-state index in [9.17, 15) is 18.3 Å². The molecule has 0 aliphatic carbocycles. The van der Waals surface area contributed by atoms with Gasteiger partial charge in [-0.15, -0.1) is 0 Å². The van der Waals surface area contributed by atoms with Crippen molar-refractivity contribution in [2.24, 2.45) is 0 Å². The van der Waals surface area contributed by atoms with E-state index in [2.05, 4.69) is 5.32 Å². The summed E-state index contributed by atoms with van der Waals surface area (Å²) in [6.07, 6.45) is -4.68. The van der Waals surface area contributed by atoms with Crippen LogP contribution >= 0.6 is 0 Å². The number of benzene rings is 2. The third kappa shape index (κ3) is 2.95. The van der Waals surface area contributed by atoms with Gasteiger partial charge in [-0.25, -0.2) is 0 Å². The molecule has 2 aromatic carbocycles. The molecule has 0 radical (unpaired) electrons. The van der Waals surface area contributed by atoms with E-state index in [-0.39, 0.29) is 17.7 Å². The molecule has 0 saturated heterocycles. The monoisotopic (exact) mass is 309 g/mol. The average molecular weight is 309 g/mol. The van der Waals surface area contributed by atoms with Crippen molar-refractivity contribution in [1.82, 2.24) is 0 Å². The summed E-state index contributed by atoms with van der Waals surface area (Å²) in [7, 11) is 0. The molecule has 3 nitrogen and oxygen atoms in total. The highest BCUT2D eigenvalue weighted by Crippen LogP contribution is 2.35. The number of ether oxygens (including phenoxy) is 1. The molecule has 22 heavy (non-hydrogen) atoms. The van der Waals surface area contributed by atoms with Gasteiger partial charge in [-0.05, 0) is 23.8 Å². The van der Waals surface area contributed by atoms with E-state index in [0.29, 0.717) is 12.3 Å². The van der Waals surface area contributed by atoms with Gasteiger partial charge in [0.1, 0.15) is 17.6 Å². The topological polar surface area (TPSA) is 41.5 Å². The molecule has 0 bridgehead atoms. The Morgan fingerprint density at radius 2 is 1.95 bits per heavy atom. The summed E-state index contributed by atoms with van der Waals surface area (Å²) in [5, 5.41) is 12.6. The van der Waals surface area contributed by atoms with Crippen LogP contribution in [-0.2, 0) is 12.6 Å². The molecule has 1 aliphatic rings. The Labute approximate surface area is 125 Å². The molecule has 1 unspecified atom stereocenters. The van der Waals surface area contributed by atoms with Gasteiger partial charge in [-0.3, -0.25) is 0 Å².